The molecule has 5 heteroatoms. The van der Waals surface area contributed by atoms with E-state index in [9.17, 15) is 9.59 Å². The van der Waals surface area contributed by atoms with Crippen molar-refractivity contribution in [2.45, 2.75) is 0 Å². The number of thioether (sulfide) groups is 1. The van der Waals surface area contributed by atoms with E-state index >= 15 is 0 Å². The van der Waals surface area contributed by atoms with Crippen LogP contribution in [0.3, 0.4) is 0 Å². The molecule has 0 radical (unpaired) electrons. The quantitative estimate of drug-likeness (QED) is 0.570. The highest BCUT2D eigenvalue weighted by Crippen LogP contribution is 2.26. The molecule has 0 saturated carbocycles. The molecule has 2 heterocycles. The van der Waals surface area contributed by atoms with Crippen LogP contribution in [0.15, 0.2) is 52.5 Å². The van der Waals surface area contributed by atoms with Crippen LogP contribution in [-0.2, 0) is 9.59 Å². The van der Waals surface area contributed by atoms with E-state index in [4.69, 9.17) is 0 Å². The normalized spacial score (nSPS) is 20.3. The molecule has 0 aromatic heterocycles. The lowest BCUT2D eigenvalue weighted by molar-refractivity contribution is -0.125. The first kappa shape index (κ1) is 11.0. The van der Waals surface area contributed by atoms with Gasteiger partial charge in [0.15, 0.2) is 5.17 Å². The molecule has 3 rings (SSSR count). The Morgan fingerprint density at radius 3 is 2.72 bits per heavy atom. The number of carbonyl (C=O) groups is 2. The minimum Gasteiger partial charge on any atom is -0.268 e. The van der Waals surface area contributed by atoms with Gasteiger partial charge in [0.25, 0.3) is 11.8 Å². The van der Waals surface area contributed by atoms with E-state index in [1.807, 2.05) is 30.3 Å². The van der Waals surface area contributed by atoms with E-state index < -0.39 is 5.91 Å². The second kappa shape index (κ2) is 4.27. The van der Waals surface area contributed by atoms with Gasteiger partial charge in [0.05, 0.1) is 0 Å². The Morgan fingerprint density at radius 1 is 1.17 bits per heavy atom. The molecule has 0 N–H and O–H groups in total. The van der Waals surface area contributed by atoms with Gasteiger partial charge in [0.2, 0.25) is 0 Å². The number of aliphatic imine (C=N–C) groups is 1. The molecular weight excluding hydrogens is 248 g/mol. The van der Waals surface area contributed by atoms with Crippen LogP contribution in [0.25, 0.3) is 6.08 Å². The van der Waals surface area contributed by atoms with E-state index in [-0.39, 0.29) is 11.5 Å². The monoisotopic (exact) mass is 256 g/mol. The number of hydrogen-bond acceptors (Lipinski definition) is 3. The number of fused-ring (bicyclic) bond motifs is 1. The van der Waals surface area contributed by atoms with Crippen molar-refractivity contribution in [1.82, 2.24) is 4.90 Å². The molecule has 0 fully saturated rings. The first-order valence-electron chi connectivity index (χ1n) is 5.32. The summed E-state index contributed by atoms with van der Waals surface area (Å²) in [6.45, 7) is 0. The molecule has 0 saturated heterocycles. The summed E-state index contributed by atoms with van der Waals surface area (Å²) in [7, 11) is 0. The SMILES string of the molecule is O=C1N=C2SC=CN2C(=O)C1=Cc1ccccc1. The molecule has 0 atom stereocenters. The second-order valence-electron chi connectivity index (χ2n) is 3.75. The fourth-order valence-electron chi connectivity index (χ4n) is 1.72. The molecule has 1 aromatic rings. The fraction of sp³-hybridized carbons (Fsp3) is 0. The smallest absolute Gasteiger partial charge is 0.268 e. The van der Waals surface area contributed by atoms with E-state index in [0.717, 1.165) is 5.56 Å². The molecule has 2 aliphatic rings. The first-order chi connectivity index (χ1) is 8.75. The van der Waals surface area contributed by atoms with Crippen molar-refractivity contribution < 1.29 is 9.59 Å². The Kier molecular flexibility index (Phi) is 2.60. The third-order valence-corrected chi connectivity index (χ3v) is 3.33. The molecule has 0 spiro atoms. The van der Waals surface area contributed by atoms with Gasteiger partial charge >= 0.3 is 0 Å². The van der Waals surface area contributed by atoms with Gasteiger partial charge in [0, 0.05) is 6.20 Å². The van der Waals surface area contributed by atoms with Crippen molar-refractivity contribution in [2.24, 2.45) is 4.99 Å². The lowest BCUT2D eigenvalue weighted by Gasteiger charge is -2.19. The Hall–Kier alpha value is -2.14. The summed E-state index contributed by atoms with van der Waals surface area (Å²) in [6, 6.07) is 9.25. The van der Waals surface area contributed by atoms with Gasteiger partial charge in [-0.2, -0.15) is 4.99 Å². The highest BCUT2D eigenvalue weighted by molar-refractivity contribution is 8.16. The molecular formula is C13H8N2O2S. The minimum atomic E-state index is -0.480. The van der Waals surface area contributed by atoms with Gasteiger partial charge in [-0.05, 0) is 17.0 Å². The summed E-state index contributed by atoms with van der Waals surface area (Å²) in [6.07, 6.45) is 3.19. The highest BCUT2D eigenvalue weighted by atomic mass is 32.2. The van der Waals surface area contributed by atoms with Gasteiger partial charge in [-0.15, -0.1) is 0 Å². The minimum absolute atomic E-state index is 0.0945. The third-order valence-electron chi connectivity index (χ3n) is 2.58. The number of benzene rings is 1. The van der Waals surface area contributed by atoms with Crippen molar-refractivity contribution in [2.75, 3.05) is 0 Å². The number of nitrogens with zero attached hydrogens (tertiary/aromatic N) is 2. The Balaban J connectivity index is 2.03. The van der Waals surface area contributed by atoms with Crippen molar-refractivity contribution >= 4 is 34.8 Å². The lowest BCUT2D eigenvalue weighted by Crippen LogP contribution is -2.36. The molecule has 18 heavy (non-hydrogen) atoms. The zero-order valence-electron chi connectivity index (χ0n) is 9.24. The van der Waals surface area contributed by atoms with Crippen LogP contribution >= 0.6 is 11.8 Å². The van der Waals surface area contributed by atoms with Crippen LogP contribution in [-0.4, -0.2) is 21.9 Å². The lowest BCUT2D eigenvalue weighted by atomic mass is 10.1. The van der Waals surface area contributed by atoms with Gasteiger partial charge < -0.3 is 0 Å². The maximum atomic E-state index is 12.1. The number of rotatable bonds is 1. The van der Waals surface area contributed by atoms with Crippen LogP contribution in [0.4, 0.5) is 0 Å². The van der Waals surface area contributed by atoms with E-state index in [1.165, 1.54) is 16.7 Å². The summed E-state index contributed by atoms with van der Waals surface area (Å²) in [5, 5.41) is 2.16. The molecule has 0 aliphatic carbocycles. The molecule has 1 aromatic carbocycles. The van der Waals surface area contributed by atoms with Gasteiger partial charge in [0.1, 0.15) is 5.57 Å². The first-order valence-corrected chi connectivity index (χ1v) is 6.20. The number of amidine groups is 1. The Labute approximate surface area is 108 Å². The van der Waals surface area contributed by atoms with Gasteiger partial charge in [-0.25, -0.2) is 0 Å². The van der Waals surface area contributed by atoms with Crippen molar-refractivity contribution in [1.29, 1.82) is 0 Å². The van der Waals surface area contributed by atoms with Crippen LogP contribution in [0.2, 0.25) is 0 Å². The van der Waals surface area contributed by atoms with Crippen LogP contribution in [0.1, 0.15) is 5.56 Å². The van der Waals surface area contributed by atoms with E-state index in [2.05, 4.69) is 4.99 Å². The highest BCUT2D eigenvalue weighted by Gasteiger charge is 2.33. The summed E-state index contributed by atoms with van der Waals surface area (Å²) < 4.78 is 0. The average Bonchev–Trinajstić information content (AvgIpc) is 2.84. The summed E-state index contributed by atoms with van der Waals surface area (Å²) in [4.78, 5) is 29.2. The van der Waals surface area contributed by atoms with Crippen molar-refractivity contribution in [3.63, 3.8) is 0 Å². The maximum Gasteiger partial charge on any atom is 0.285 e. The zero-order chi connectivity index (χ0) is 12.5. The van der Waals surface area contributed by atoms with Gasteiger partial charge in [-0.1, -0.05) is 42.1 Å². The Bertz CT molecular complexity index is 617. The number of hydrogen-bond donors (Lipinski definition) is 0. The molecule has 88 valence electrons. The summed E-state index contributed by atoms with van der Waals surface area (Å²) >= 11 is 1.27. The molecule has 0 unspecified atom stereocenters. The van der Waals surface area contributed by atoms with Gasteiger partial charge in [-0.3, -0.25) is 14.5 Å². The average molecular weight is 256 g/mol. The van der Waals surface area contributed by atoms with E-state index in [1.54, 1.807) is 17.7 Å². The van der Waals surface area contributed by atoms with E-state index in [0.29, 0.717) is 5.17 Å². The summed E-state index contributed by atoms with van der Waals surface area (Å²) in [5.74, 6) is -0.804. The fourth-order valence-corrected chi connectivity index (χ4v) is 2.41. The second-order valence-corrected chi connectivity index (χ2v) is 4.62. The molecule has 0 bridgehead atoms. The third kappa shape index (κ3) is 1.78. The van der Waals surface area contributed by atoms with Crippen LogP contribution in [0, 0.1) is 0 Å². The molecule has 2 aliphatic heterocycles. The standard InChI is InChI=1S/C13H8N2O2S/c16-11-10(8-9-4-2-1-3-5-9)12(17)15-6-7-18-13(15)14-11/h1-8H. The topological polar surface area (TPSA) is 49.7 Å². The number of carbonyl (C=O) groups excluding carboxylic acids is 2. The predicted molar refractivity (Wildman–Crippen MR) is 70.4 cm³/mol. The van der Waals surface area contributed by atoms with Crippen LogP contribution in [0.5, 0.6) is 0 Å². The van der Waals surface area contributed by atoms with Crippen molar-refractivity contribution in [3.8, 4) is 0 Å². The summed E-state index contributed by atoms with van der Waals surface area (Å²) in [5.41, 5.74) is 0.903. The van der Waals surface area contributed by atoms with Crippen molar-refractivity contribution in [3.05, 3.63) is 53.1 Å². The molecule has 2 amide bonds. The van der Waals surface area contributed by atoms with Crippen LogP contribution < -0.4 is 0 Å². The Morgan fingerprint density at radius 2 is 1.94 bits per heavy atom. The predicted octanol–water partition coefficient (Wildman–Crippen LogP) is 2.01. The zero-order valence-corrected chi connectivity index (χ0v) is 10.1. The molecule has 4 nitrogen and oxygen atoms in total. The number of amides is 2. The maximum absolute atomic E-state index is 12.1. The largest absolute Gasteiger partial charge is 0.285 e.